The summed E-state index contributed by atoms with van der Waals surface area (Å²) in [5.74, 6) is 1.65. The first-order chi connectivity index (χ1) is 15.7. The van der Waals surface area contributed by atoms with Crippen LogP contribution in [0.4, 0.5) is 5.69 Å². The predicted octanol–water partition coefficient (Wildman–Crippen LogP) is 5.38. The van der Waals surface area contributed by atoms with Gasteiger partial charge in [-0.15, -0.1) is 10.2 Å². The molecule has 0 unspecified atom stereocenters. The SMILES string of the molecule is CC1CCC(N2CCN(c3ccc(-c4nnc(C5CCC(C=O)CC5)s4)cc3)CC2)CC1. The lowest BCUT2D eigenvalue weighted by molar-refractivity contribution is -0.111. The van der Waals surface area contributed by atoms with Crippen molar-refractivity contribution in [1.82, 2.24) is 15.1 Å². The van der Waals surface area contributed by atoms with Crippen molar-refractivity contribution in [2.24, 2.45) is 11.8 Å². The van der Waals surface area contributed by atoms with Gasteiger partial charge in [0, 0.05) is 55.3 Å². The molecule has 1 aromatic heterocycles. The second-order valence-electron chi connectivity index (χ2n) is 10.2. The third kappa shape index (κ3) is 4.91. The van der Waals surface area contributed by atoms with Crippen LogP contribution in [0.25, 0.3) is 10.6 Å². The van der Waals surface area contributed by atoms with Crippen molar-refractivity contribution in [3.63, 3.8) is 0 Å². The first-order valence-corrected chi connectivity index (χ1v) is 13.4. The summed E-state index contributed by atoms with van der Waals surface area (Å²) < 4.78 is 0. The Morgan fingerprint density at radius 1 is 0.875 bits per heavy atom. The van der Waals surface area contributed by atoms with Gasteiger partial charge in [-0.2, -0.15) is 0 Å². The molecule has 3 fully saturated rings. The Hall–Kier alpha value is -1.79. The minimum Gasteiger partial charge on any atom is -0.369 e. The molecule has 1 saturated heterocycles. The third-order valence-corrected chi connectivity index (χ3v) is 9.18. The zero-order valence-corrected chi connectivity index (χ0v) is 20.1. The summed E-state index contributed by atoms with van der Waals surface area (Å²) in [5.41, 5.74) is 2.48. The number of aldehydes is 1. The molecule has 2 aliphatic carbocycles. The van der Waals surface area contributed by atoms with E-state index in [0.717, 1.165) is 72.6 Å². The average Bonchev–Trinajstić information content (AvgIpc) is 3.35. The van der Waals surface area contributed by atoms with E-state index < -0.39 is 0 Å². The summed E-state index contributed by atoms with van der Waals surface area (Å²) in [6, 6.07) is 9.74. The molecule has 0 N–H and O–H groups in total. The molecule has 0 amide bonds. The fourth-order valence-electron chi connectivity index (χ4n) is 5.79. The molecule has 3 aliphatic rings. The lowest BCUT2D eigenvalue weighted by Gasteiger charge is -2.42. The summed E-state index contributed by atoms with van der Waals surface area (Å²) in [5, 5.41) is 11.1. The molecular formula is C26H36N4OS. The van der Waals surface area contributed by atoms with Gasteiger partial charge in [0.15, 0.2) is 0 Å². The van der Waals surface area contributed by atoms with Gasteiger partial charge in [-0.1, -0.05) is 18.3 Å². The molecule has 2 aromatic rings. The molecule has 0 bridgehead atoms. The molecule has 172 valence electrons. The van der Waals surface area contributed by atoms with Crippen LogP contribution in [-0.2, 0) is 4.79 Å². The van der Waals surface area contributed by atoms with E-state index in [-0.39, 0.29) is 5.92 Å². The number of anilines is 1. The van der Waals surface area contributed by atoms with Crippen LogP contribution >= 0.6 is 11.3 Å². The quantitative estimate of drug-likeness (QED) is 0.570. The highest BCUT2D eigenvalue weighted by Crippen LogP contribution is 2.38. The van der Waals surface area contributed by atoms with E-state index in [1.54, 1.807) is 11.3 Å². The summed E-state index contributed by atoms with van der Waals surface area (Å²) in [7, 11) is 0. The van der Waals surface area contributed by atoms with Crippen molar-refractivity contribution in [1.29, 1.82) is 0 Å². The molecule has 1 aliphatic heterocycles. The van der Waals surface area contributed by atoms with Crippen LogP contribution in [0.2, 0.25) is 0 Å². The van der Waals surface area contributed by atoms with Crippen molar-refractivity contribution in [3.05, 3.63) is 29.3 Å². The number of piperazine rings is 1. The highest BCUT2D eigenvalue weighted by atomic mass is 32.1. The van der Waals surface area contributed by atoms with E-state index in [0.29, 0.717) is 5.92 Å². The lowest BCUT2D eigenvalue weighted by atomic mass is 9.83. The number of aromatic nitrogens is 2. The number of hydrogen-bond acceptors (Lipinski definition) is 6. The van der Waals surface area contributed by atoms with E-state index in [1.807, 2.05) is 0 Å². The Morgan fingerprint density at radius 3 is 2.22 bits per heavy atom. The van der Waals surface area contributed by atoms with E-state index in [2.05, 4.69) is 51.2 Å². The van der Waals surface area contributed by atoms with Gasteiger partial charge in [0.25, 0.3) is 0 Å². The molecule has 2 heterocycles. The number of benzene rings is 1. The lowest BCUT2D eigenvalue weighted by Crippen LogP contribution is -2.51. The van der Waals surface area contributed by atoms with Gasteiger partial charge in [-0.05, 0) is 81.5 Å². The minimum atomic E-state index is 0.249. The van der Waals surface area contributed by atoms with E-state index >= 15 is 0 Å². The van der Waals surface area contributed by atoms with Crippen LogP contribution in [-0.4, -0.2) is 53.6 Å². The number of nitrogens with zero attached hydrogens (tertiary/aromatic N) is 4. The maximum atomic E-state index is 11.0. The molecule has 5 nitrogen and oxygen atoms in total. The summed E-state index contributed by atoms with van der Waals surface area (Å²) in [6.45, 7) is 7.02. The second kappa shape index (κ2) is 10.0. The Labute approximate surface area is 196 Å². The van der Waals surface area contributed by atoms with Crippen LogP contribution in [0.15, 0.2) is 24.3 Å². The molecule has 6 heteroatoms. The van der Waals surface area contributed by atoms with Crippen molar-refractivity contribution in [2.45, 2.75) is 70.3 Å². The Bertz CT molecular complexity index is 873. The molecule has 2 saturated carbocycles. The Balaban J connectivity index is 1.16. The highest BCUT2D eigenvalue weighted by molar-refractivity contribution is 7.14. The summed E-state index contributed by atoms with van der Waals surface area (Å²) >= 11 is 1.73. The number of hydrogen-bond donors (Lipinski definition) is 0. The van der Waals surface area contributed by atoms with Crippen LogP contribution in [0.1, 0.15) is 69.2 Å². The van der Waals surface area contributed by atoms with Gasteiger partial charge < -0.3 is 9.69 Å². The summed E-state index contributed by atoms with van der Waals surface area (Å²) in [6.07, 6.45) is 10.8. The van der Waals surface area contributed by atoms with Gasteiger partial charge in [0.05, 0.1) is 0 Å². The normalized spacial score (nSPS) is 29.7. The number of carbonyl (C=O) groups excluding carboxylic acids is 1. The first kappa shape index (κ1) is 22.0. The predicted molar refractivity (Wildman–Crippen MR) is 131 cm³/mol. The minimum absolute atomic E-state index is 0.249. The molecule has 0 spiro atoms. The molecule has 32 heavy (non-hydrogen) atoms. The van der Waals surface area contributed by atoms with Crippen LogP contribution in [0, 0.1) is 11.8 Å². The van der Waals surface area contributed by atoms with Crippen LogP contribution in [0.5, 0.6) is 0 Å². The molecular weight excluding hydrogens is 416 g/mol. The molecule has 5 rings (SSSR count). The maximum Gasteiger partial charge on any atom is 0.147 e. The number of rotatable bonds is 5. The van der Waals surface area contributed by atoms with Crippen molar-refractivity contribution >= 4 is 23.3 Å². The van der Waals surface area contributed by atoms with E-state index in [1.165, 1.54) is 44.5 Å². The highest BCUT2D eigenvalue weighted by Gasteiger charge is 2.27. The molecule has 1 aromatic carbocycles. The van der Waals surface area contributed by atoms with Crippen molar-refractivity contribution < 1.29 is 4.79 Å². The monoisotopic (exact) mass is 452 g/mol. The maximum absolute atomic E-state index is 11.0. The zero-order chi connectivity index (χ0) is 21.9. The smallest absolute Gasteiger partial charge is 0.147 e. The topological polar surface area (TPSA) is 49.3 Å². The van der Waals surface area contributed by atoms with E-state index in [4.69, 9.17) is 0 Å². The fourth-order valence-corrected chi connectivity index (χ4v) is 6.80. The Morgan fingerprint density at radius 2 is 1.56 bits per heavy atom. The van der Waals surface area contributed by atoms with Gasteiger partial charge in [0.1, 0.15) is 16.3 Å². The largest absolute Gasteiger partial charge is 0.369 e. The zero-order valence-electron chi connectivity index (χ0n) is 19.3. The van der Waals surface area contributed by atoms with Crippen molar-refractivity contribution in [2.75, 3.05) is 31.1 Å². The Kier molecular flexibility index (Phi) is 6.88. The van der Waals surface area contributed by atoms with Gasteiger partial charge in [-0.25, -0.2) is 0 Å². The van der Waals surface area contributed by atoms with Crippen LogP contribution in [0.3, 0.4) is 0 Å². The molecule has 0 radical (unpaired) electrons. The second-order valence-corrected chi connectivity index (χ2v) is 11.2. The average molecular weight is 453 g/mol. The van der Waals surface area contributed by atoms with Gasteiger partial charge in [-0.3, -0.25) is 4.90 Å². The first-order valence-electron chi connectivity index (χ1n) is 12.6. The van der Waals surface area contributed by atoms with Crippen molar-refractivity contribution in [3.8, 4) is 10.6 Å². The number of carbonyl (C=O) groups is 1. The van der Waals surface area contributed by atoms with Gasteiger partial charge >= 0.3 is 0 Å². The van der Waals surface area contributed by atoms with Crippen LogP contribution < -0.4 is 4.90 Å². The standard InChI is InChI=1S/C26H36N4OS/c1-19-2-10-23(11-3-19)29-14-16-30(17-15-29)24-12-8-22(9-13-24)26-28-27-25(32-26)21-6-4-20(18-31)5-7-21/h8-9,12-13,18-21,23H,2-7,10-11,14-17H2,1H3. The molecule has 0 atom stereocenters. The fraction of sp³-hybridized carbons (Fsp3) is 0.654. The van der Waals surface area contributed by atoms with E-state index in [9.17, 15) is 4.79 Å². The summed E-state index contributed by atoms with van der Waals surface area (Å²) in [4.78, 5) is 16.3. The third-order valence-electron chi connectivity index (χ3n) is 8.05. The van der Waals surface area contributed by atoms with Gasteiger partial charge in [0.2, 0.25) is 0 Å².